The van der Waals surface area contributed by atoms with Crippen LogP contribution in [0.5, 0.6) is 0 Å². The monoisotopic (exact) mass is 491 g/mol. The second-order valence-electron chi connectivity index (χ2n) is 9.20. The molecule has 1 aliphatic heterocycles. The first-order valence-electron chi connectivity index (χ1n) is 11.5. The van der Waals surface area contributed by atoms with Crippen LogP contribution in [0.3, 0.4) is 0 Å². The van der Waals surface area contributed by atoms with Crippen LogP contribution in [0.15, 0.2) is 66.7 Å². The molecule has 1 heterocycles. The molecular weight excluding hydrogens is 462 g/mol. The van der Waals surface area contributed by atoms with Gasteiger partial charge in [-0.25, -0.2) is 13.3 Å². The number of rotatable bonds is 8. The fraction of sp³-hybridized carbons (Fsp3) is 0.259. The van der Waals surface area contributed by atoms with E-state index < -0.39 is 15.3 Å². The molecule has 0 aromatic heterocycles. The number of hydrogen-bond donors (Lipinski definition) is 2. The lowest BCUT2D eigenvalue weighted by molar-refractivity contribution is 0.0926. The topological polar surface area (TPSA) is 95.6 Å². The third kappa shape index (κ3) is 5.07. The standard InChI is InChI=1S/C27H29N3O4S/c1-17(2)20-7-12-23(13-8-20)30-26(31)24-14-11-22(15-25(24)27(30)32)28-16-19-5-9-21(10-6-19)29-35(33,34)18(3)4/h5-15,17-18,28-29H,16H2,1-4H3. The van der Waals surface area contributed by atoms with Crippen molar-refractivity contribution in [2.24, 2.45) is 0 Å². The van der Waals surface area contributed by atoms with E-state index in [1.807, 2.05) is 24.3 Å². The summed E-state index contributed by atoms with van der Waals surface area (Å²) >= 11 is 0. The second-order valence-corrected chi connectivity index (χ2v) is 11.4. The molecule has 0 radical (unpaired) electrons. The van der Waals surface area contributed by atoms with Crippen molar-refractivity contribution in [3.05, 3.63) is 89.0 Å². The predicted octanol–water partition coefficient (Wildman–Crippen LogP) is 5.37. The highest BCUT2D eigenvalue weighted by atomic mass is 32.2. The van der Waals surface area contributed by atoms with Crippen LogP contribution in [0.2, 0.25) is 0 Å². The zero-order valence-corrected chi connectivity index (χ0v) is 21.0. The molecule has 0 saturated carbocycles. The normalized spacial score (nSPS) is 13.5. The number of nitrogens with zero attached hydrogens (tertiary/aromatic N) is 1. The first-order chi connectivity index (χ1) is 16.6. The summed E-state index contributed by atoms with van der Waals surface area (Å²) in [7, 11) is -3.39. The molecule has 1 aliphatic rings. The van der Waals surface area contributed by atoms with Gasteiger partial charge in [0.05, 0.1) is 22.1 Å². The third-order valence-electron chi connectivity index (χ3n) is 6.04. The maximum atomic E-state index is 13.1. The van der Waals surface area contributed by atoms with Crippen molar-refractivity contribution >= 4 is 38.9 Å². The van der Waals surface area contributed by atoms with Gasteiger partial charge in [0, 0.05) is 17.9 Å². The summed E-state index contributed by atoms with van der Waals surface area (Å²) in [6.07, 6.45) is 0. The number of imide groups is 1. The summed E-state index contributed by atoms with van der Waals surface area (Å²) in [4.78, 5) is 27.2. The van der Waals surface area contributed by atoms with Crippen LogP contribution >= 0.6 is 0 Å². The minimum Gasteiger partial charge on any atom is -0.381 e. The Balaban J connectivity index is 1.45. The van der Waals surface area contributed by atoms with Gasteiger partial charge >= 0.3 is 0 Å². The van der Waals surface area contributed by atoms with Crippen LogP contribution in [0, 0.1) is 0 Å². The minimum atomic E-state index is -3.39. The fourth-order valence-corrected chi connectivity index (χ4v) is 4.47. The highest BCUT2D eigenvalue weighted by Crippen LogP contribution is 2.31. The molecule has 0 fully saturated rings. The Kier molecular flexibility index (Phi) is 6.67. The number of carbonyl (C=O) groups excluding carboxylic acids is 2. The van der Waals surface area contributed by atoms with Crippen LogP contribution in [-0.2, 0) is 16.6 Å². The molecule has 3 aromatic rings. The summed E-state index contributed by atoms with van der Waals surface area (Å²) in [6, 6.07) is 19.7. The van der Waals surface area contributed by atoms with E-state index in [0.29, 0.717) is 40.7 Å². The number of nitrogens with one attached hydrogen (secondary N) is 2. The maximum absolute atomic E-state index is 13.1. The second kappa shape index (κ2) is 9.54. The Labute approximate surface area is 206 Å². The predicted molar refractivity (Wildman–Crippen MR) is 140 cm³/mol. The molecule has 0 bridgehead atoms. The molecule has 0 saturated heterocycles. The molecule has 7 nitrogen and oxygen atoms in total. The summed E-state index contributed by atoms with van der Waals surface area (Å²) < 4.78 is 26.6. The molecule has 35 heavy (non-hydrogen) atoms. The van der Waals surface area contributed by atoms with Crippen LogP contribution in [0.25, 0.3) is 0 Å². The maximum Gasteiger partial charge on any atom is 0.266 e. The lowest BCUT2D eigenvalue weighted by Crippen LogP contribution is -2.29. The van der Waals surface area contributed by atoms with Gasteiger partial charge in [-0.2, -0.15) is 0 Å². The van der Waals surface area contributed by atoms with Gasteiger partial charge < -0.3 is 5.32 Å². The van der Waals surface area contributed by atoms with Crippen LogP contribution < -0.4 is 14.9 Å². The van der Waals surface area contributed by atoms with E-state index in [1.54, 1.807) is 56.3 Å². The minimum absolute atomic E-state index is 0.326. The number of benzene rings is 3. The smallest absolute Gasteiger partial charge is 0.266 e. The fourth-order valence-electron chi connectivity index (χ4n) is 3.77. The Hall–Kier alpha value is -3.65. The number of fused-ring (bicyclic) bond motifs is 1. The van der Waals surface area contributed by atoms with E-state index in [1.165, 1.54) is 4.90 Å². The van der Waals surface area contributed by atoms with E-state index in [-0.39, 0.29) is 11.8 Å². The average Bonchev–Trinajstić information content (AvgIpc) is 3.07. The van der Waals surface area contributed by atoms with Crippen LogP contribution in [0.4, 0.5) is 17.1 Å². The molecule has 3 aromatic carbocycles. The molecule has 0 spiro atoms. The lowest BCUT2D eigenvalue weighted by atomic mass is 10.0. The molecular formula is C27H29N3O4S. The van der Waals surface area contributed by atoms with Gasteiger partial charge in [-0.3, -0.25) is 14.3 Å². The number of sulfonamides is 1. The summed E-state index contributed by atoms with van der Waals surface area (Å²) in [5, 5.41) is 2.75. The Bertz CT molecular complexity index is 1360. The molecule has 2 amide bonds. The number of carbonyl (C=O) groups is 2. The van der Waals surface area contributed by atoms with E-state index in [4.69, 9.17) is 0 Å². The Morgan fingerprint density at radius 1 is 0.771 bits per heavy atom. The van der Waals surface area contributed by atoms with E-state index in [0.717, 1.165) is 11.1 Å². The Morgan fingerprint density at radius 2 is 1.37 bits per heavy atom. The quantitative estimate of drug-likeness (QED) is 0.413. The van der Waals surface area contributed by atoms with E-state index in [2.05, 4.69) is 23.9 Å². The summed E-state index contributed by atoms with van der Waals surface area (Å²) in [6.45, 7) is 7.90. The first-order valence-corrected chi connectivity index (χ1v) is 13.1. The van der Waals surface area contributed by atoms with Gasteiger partial charge in [-0.1, -0.05) is 38.1 Å². The van der Waals surface area contributed by atoms with E-state index >= 15 is 0 Å². The Morgan fingerprint density at radius 3 is 1.97 bits per heavy atom. The van der Waals surface area contributed by atoms with Crippen molar-refractivity contribution in [3.63, 3.8) is 0 Å². The first kappa shape index (κ1) is 24.5. The van der Waals surface area contributed by atoms with Crippen molar-refractivity contribution in [3.8, 4) is 0 Å². The van der Waals surface area contributed by atoms with Crippen molar-refractivity contribution in [2.45, 2.75) is 45.4 Å². The third-order valence-corrected chi connectivity index (χ3v) is 7.80. The van der Waals surface area contributed by atoms with Gasteiger partial charge in [0.2, 0.25) is 10.0 Å². The number of amides is 2. The lowest BCUT2D eigenvalue weighted by Gasteiger charge is -2.15. The molecule has 4 rings (SSSR count). The van der Waals surface area contributed by atoms with Gasteiger partial charge in [0.25, 0.3) is 11.8 Å². The highest BCUT2D eigenvalue weighted by molar-refractivity contribution is 7.93. The zero-order valence-electron chi connectivity index (χ0n) is 20.2. The largest absolute Gasteiger partial charge is 0.381 e. The number of hydrogen-bond acceptors (Lipinski definition) is 5. The molecule has 2 N–H and O–H groups in total. The molecule has 8 heteroatoms. The van der Waals surface area contributed by atoms with Crippen molar-refractivity contribution < 1.29 is 18.0 Å². The SMILES string of the molecule is CC(C)c1ccc(N2C(=O)c3ccc(NCc4ccc(NS(=O)(=O)C(C)C)cc4)cc3C2=O)cc1. The van der Waals surface area contributed by atoms with Gasteiger partial charge in [0.1, 0.15) is 0 Å². The molecule has 0 unspecified atom stereocenters. The number of anilines is 3. The highest BCUT2D eigenvalue weighted by Gasteiger charge is 2.36. The summed E-state index contributed by atoms with van der Waals surface area (Å²) in [5.41, 5.74) is 4.61. The van der Waals surface area contributed by atoms with Gasteiger partial charge in [-0.15, -0.1) is 0 Å². The molecule has 0 atom stereocenters. The van der Waals surface area contributed by atoms with Gasteiger partial charge in [0.15, 0.2) is 0 Å². The van der Waals surface area contributed by atoms with Gasteiger partial charge in [-0.05, 0) is 73.4 Å². The molecule has 0 aliphatic carbocycles. The van der Waals surface area contributed by atoms with Crippen molar-refractivity contribution in [2.75, 3.05) is 14.9 Å². The van der Waals surface area contributed by atoms with E-state index in [9.17, 15) is 18.0 Å². The summed E-state index contributed by atoms with van der Waals surface area (Å²) in [5.74, 6) is -0.304. The molecule has 182 valence electrons. The zero-order chi connectivity index (χ0) is 25.3. The van der Waals surface area contributed by atoms with Crippen LogP contribution in [-0.4, -0.2) is 25.5 Å². The van der Waals surface area contributed by atoms with Crippen molar-refractivity contribution in [1.29, 1.82) is 0 Å². The van der Waals surface area contributed by atoms with Crippen molar-refractivity contribution in [1.82, 2.24) is 0 Å². The van der Waals surface area contributed by atoms with Crippen LogP contribution in [0.1, 0.15) is 65.5 Å². The average molecular weight is 492 g/mol.